The van der Waals surface area contributed by atoms with Crippen molar-refractivity contribution in [2.75, 3.05) is 20.3 Å². The van der Waals surface area contributed by atoms with E-state index in [4.69, 9.17) is 9.47 Å². The number of methoxy groups -OCH3 is 1. The van der Waals surface area contributed by atoms with Gasteiger partial charge in [-0.2, -0.15) is 0 Å². The number of nitrogens with one attached hydrogen (secondary N) is 1. The summed E-state index contributed by atoms with van der Waals surface area (Å²) >= 11 is 0. The quantitative estimate of drug-likeness (QED) is 0.796. The van der Waals surface area contributed by atoms with Crippen molar-refractivity contribution in [2.24, 2.45) is 5.41 Å². The van der Waals surface area contributed by atoms with Crippen LogP contribution >= 0.6 is 0 Å². The van der Waals surface area contributed by atoms with Crippen LogP contribution in [0.3, 0.4) is 0 Å². The van der Waals surface area contributed by atoms with E-state index in [0.29, 0.717) is 12.1 Å². The third-order valence-electron chi connectivity index (χ3n) is 5.05. The Kier molecular flexibility index (Phi) is 5.65. The molecular weight excluding hydrogens is 262 g/mol. The van der Waals surface area contributed by atoms with Gasteiger partial charge in [0.25, 0.3) is 0 Å². The lowest BCUT2D eigenvalue weighted by Crippen LogP contribution is -2.62. The van der Waals surface area contributed by atoms with E-state index in [1.54, 1.807) is 7.11 Å². The highest BCUT2D eigenvalue weighted by atomic mass is 16.5. The maximum atomic E-state index is 5.85. The summed E-state index contributed by atoms with van der Waals surface area (Å²) in [4.78, 5) is 0. The SMILES string of the molecule is CCOC1CC(NCCc2cccc(OC)c2)C1(C)CC. The van der Waals surface area contributed by atoms with Crippen molar-refractivity contribution in [3.05, 3.63) is 29.8 Å². The van der Waals surface area contributed by atoms with Crippen LogP contribution in [0.2, 0.25) is 0 Å². The summed E-state index contributed by atoms with van der Waals surface area (Å²) in [5.74, 6) is 0.936. The van der Waals surface area contributed by atoms with Crippen LogP contribution in [0.15, 0.2) is 24.3 Å². The van der Waals surface area contributed by atoms with E-state index >= 15 is 0 Å². The predicted molar refractivity (Wildman–Crippen MR) is 86.9 cm³/mol. The molecule has 1 saturated carbocycles. The van der Waals surface area contributed by atoms with Gasteiger partial charge in [-0.25, -0.2) is 0 Å². The zero-order valence-corrected chi connectivity index (χ0v) is 13.8. The van der Waals surface area contributed by atoms with Crippen molar-refractivity contribution in [1.29, 1.82) is 0 Å². The Morgan fingerprint density at radius 3 is 2.81 bits per heavy atom. The molecule has 0 spiro atoms. The van der Waals surface area contributed by atoms with E-state index in [1.807, 2.05) is 6.07 Å². The summed E-state index contributed by atoms with van der Waals surface area (Å²) in [6.07, 6.45) is 3.75. The zero-order valence-electron chi connectivity index (χ0n) is 13.8. The van der Waals surface area contributed by atoms with Crippen LogP contribution in [0.4, 0.5) is 0 Å². The molecule has 3 heteroatoms. The second-order valence-electron chi connectivity index (χ2n) is 6.15. The second kappa shape index (κ2) is 7.28. The number of hydrogen-bond donors (Lipinski definition) is 1. The Morgan fingerprint density at radius 1 is 1.33 bits per heavy atom. The van der Waals surface area contributed by atoms with Crippen LogP contribution in [0.25, 0.3) is 0 Å². The molecule has 0 amide bonds. The molecule has 0 bridgehead atoms. The molecule has 1 aliphatic rings. The first-order valence-electron chi connectivity index (χ1n) is 8.12. The van der Waals surface area contributed by atoms with Crippen LogP contribution in [-0.4, -0.2) is 32.4 Å². The molecule has 1 aliphatic carbocycles. The van der Waals surface area contributed by atoms with Crippen molar-refractivity contribution < 1.29 is 9.47 Å². The highest BCUT2D eigenvalue weighted by molar-refractivity contribution is 5.28. The Bertz CT molecular complexity index is 449. The Morgan fingerprint density at radius 2 is 2.14 bits per heavy atom. The fraction of sp³-hybridized carbons (Fsp3) is 0.667. The number of benzene rings is 1. The maximum Gasteiger partial charge on any atom is 0.119 e. The van der Waals surface area contributed by atoms with Gasteiger partial charge in [0.15, 0.2) is 0 Å². The fourth-order valence-corrected chi connectivity index (χ4v) is 3.29. The second-order valence-corrected chi connectivity index (χ2v) is 6.15. The van der Waals surface area contributed by atoms with E-state index in [-0.39, 0.29) is 5.41 Å². The predicted octanol–water partition coefficient (Wildman–Crippen LogP) is 3.42. The molecular formula is C18H29NO2. The van der Waals surface area contributed by atoms with Gasteiger partial charge >= 0.3 is 0 Å². The van der Waals surface area contributed by atoms with E-state index in [0.717, 1.165) is 38.2 Å². The molecule has 1 N–H and O–H groups in total. The highest BCUT2D eigenvalue weighted by Gasteiger charge is 2.50. The summed E-state index contributed by atoms with van der Waals surface area (Å²) in [6.45, 7) is 8.52. The van der Waals surface area contributed by atoms with Crippen molar-refractivity contribution in [3.8, 4) is 5.75 Å². The van der Waals surface area contributed by atoms with Gasteiger partial charge < -0.3 is 14.8 Å². The minimum Gasteiger partial charge on any atom is -0.497 e. The third kappa shape index (κ3) is 3.58. The van der Waals surface area contributed by atoms with Gasteiger partial charge in [-0.05, 0) is 50.4 Å². The first kappa shape index (κ1) is 16.3. The molecule has 21 heavy (non-hydrogen) atoms. The standard InChI is InChI=1S/C18H29NO2/c1-5-18(3)16(13-17(18)21-6-2)19-11-10-14-8-7-9-15(12-14)20-4/h7-9,12,16-17,19H,5-6,10-11,13H2,1-4H3. The van der Waals surface area contributed by atoms with Gasteiger partial charge in [0, 0.05) is 18.1 Å². The lowest BCUT2D eigenvalue weighted by Gasteiger charge is -2.53. The van der Waals surface area contributed by atoms with Gasteiger partial charge in [-0.15, -0.1) is 0 Å². The average Bonchev–Trinajstić information content (AvgIpc) is 2.52. The number of ether oxygens (including phenoxy) is 2. The summed E-state index contributed by atoms with van der Waals surface area (Å²) in [6, 6.07) is 8.89. The van der Waals surface area contributed by atoms with Crippen molar-refractivity contribution in [1.82, 2.24) is 5.32 Å². The first-order valence-corrected chi connectivity index (χ1v) is 8.12. The summed E-state index contributed by atoms with van der Waals surface area (Å²) in [5, 5.41) is 3.71. The minimum atomic E-state index is 0.282. The average molecular weight is 291 g/mol. The lowest BCUT2D eigenvalue weighted by atomic mass is 9.61. The Balaban J connectivity index is 1.81. The van der Waals surface area contributed by atoms with Crippen LogP contribution in [0.1, 0.15) is 39.2 Å². The van der Waals surface area contributed by atoms with E-state index in [1.165, 1.54) is 5.56 Å². The van der Waals surface area contributed by atoms with Crippen molar-refractivity contribution >= 4 is 0 Å². The van der Waals surface area contributed by atoms with Crippen LogP contribution in [0, 0.1) is 5.41 Å². The number of hydrogen-bond acceptors (Lipinski definition) is 3. The molecule has 0 radical (unpaired) electrons. The van der Waals surface area contributed by atoms with Crippen molar-refractivity contribution in [2.45, 2.75) is 52.2 Å². The van der Waals surface area contributed by atoms with Gasteiger partial charge in [0.1, 0.15) is 5.75 Å². The van der Waals surface area contributed by atoms with Gasteiger partial charge in [0.05, 0.1) is 13.2 Å². The van der Waals surface area contributed by atoms with E-state index in [2.05, 4.69) is 44.3 Å². The van der Waals surface area contributed by atoms with Crippen LogP contribution in [0.5, 0.6) is 5.75 Å². The third-order valence-corrected chi connectivity index (χ3v) is 5.05. The molecule has 1 aromatic carbocycles. The Labute approximate surface area is 129 Å². The molecule has 0 saturated heterocycles. The van der Waals surface area contributed by atoms with Gasteiger partial charge in [-0.1, -0.05) is 26.0 Å². The normalized spacial score (nSPS) is 28.2. The molecule has 118 valence electrons. The van der Waals surface area contributed by atoms with Crippen LogP contribution < -0.4 is 10.1 Å². The molecule has 0 heterocycles. The minimum absolute atomic E-state index is 0.282. The highest BCUT2D eigenvalue weighted by Crippen LogP contribution is 2.45. The molecule has 1 fully saturated rings. The van der Waals surface area contributed by atoms with E-state index in [9.17, 15) is 0 Å². The smallest absolute Gasteiger partial charge is 0.119 e. The molecule has 3 atom stereocenters. The summed E-state index contributed by atoms with van der Waals surface area (Å²) in [5.41, 5.74) is 1.60. The topological polar surface area (TPSA) is 30.5 Å². The molecule has 2 rings (SSSR count). The maximum absolute atomic E-state index is 5.85. The number of rotatable bonds is 8. The van der Waals surface area contributed by atoms with Crippen LogP contribution in [-0.2, 0) is 11.2 Å². The molecule has 0 aliphatic heterocycles. The monoisotopic (exact) mass is 291 g/mol. The molecule has 3 unspecified atom stereocenters. The summed E-state index contributed by atoms with van der Waals surface area (Å²) in [7, 11) is 1.71. The fourth-order valence-electron chi connectivity index (χ4n) is 3.29. The lowest BCUT2D eigenvalue weighted by molar-refractivity contribution is -0.125. The zero-order chi connectivity index (χ0) is 15.3. The largest absolute Gasteiger partial charge is 0.497 e. The van der Waals surface area contributed by atoms with E-state index < -0.39 is 0 Å². The summed E-state index contributed by atoms with van der Waals surface area (Å²) < 4.78 is 11.1. The first-order chi connectivity index (χ1) is 10.1. The van der Waals surface area contributed by atoms with Gasteiger partial charge in [0.2, 0.25) is 0 Å². The molecule has 1 aromatic rings. The van der Waals surface area contributed by atoms with Crippen molar-refractivity contribution in [3.63, 3.8) is 0 Å². The molecule has 3 nitrogen and oxygen atoms in total. The molecule has 0 aromatic heterocycles. The Hall–Kier alpha value is -1.06. The van der Waals surface area contributed by atoms with Gasteiger partial charge in [-0.3, -0.25) is 0 Å².